The van der Waals surface area contributed by atoms with Gasteiger partial charge in [0.25, 0.3) is 0 Å². The number of fused-ring (bicyclic) bond motifs is 1. The summed E-state index contributed by atoms with van der Waals surface area (Å²) in [5, 5.41) is 0.383. The molecule has 0 unspecified atom stereocenters. The molecule has 0 amide bonds. The van der Waals surface area contributed by atoms with E-state index in [4.69, 9.17) is 16.0 Å². The number of carbonyl (C=O) groups excluding carboxylic acids is 1. The summed E-state index contributed by atoms with van der Waals surface area (Å²) >= 11 is 5.78. The van der Waals surface area contributed by atoms with E-state index >= 15 is 0 Å². The zero-order valence-corrected chi connectivity index (χ0v) is 11.5. The molecule has 100 valence electrons. The lowest BCUT2D eigenvalue weighted by Crippen LogP contribution is -2.21. The van der Waals surface area contributed by atoms with E-state index in [-0.39, 0.29) is 10.6 Å². The van der Waals surface area contributed by atoms with Gasteiger partial charge in [0.05, 0.1) is 5.56 Å². The minimum absolute atomic E-state index is 0.168. The largest absolute Gasteiger partial charge is 0.422 e. The smallest absolute Gasteiger partial charge is 0.355 e. The molecular weight excluding hydrogens is 266 g/mol. The van der Waals surface area contributed by atoms with E-state index in [1.807, 2.05) is 19.9 Å². The highest BCUT2D eigenvalue weighted by molar-refractivity contribution is 6.34. The van der Waals surface area contributed by atoms with Gasteiger partial charge in [0.1, 0.15) is 10.6 Å². The second-order valence-corrected chi connectivity index (χ2v) is 4.47. The fourth-order valence-corrected chi connectivity index (χ4v) is 2.28. The molecule has 0 fully saturated rings. The Balaban J connectivity index is 2.71. The molecule has 2 rings (SSSR count). The SMILES string of the molecule is CCN(CC)c1ccc2c(C=O)c(Cl)c(=O)oc2c1. The zero-order valence-electron chi connectivity index (χ0n) is 10.8. The average molecular weight is 280 g/mol. The molecule has 1 aromatic heterocycles. The maximum absolute atomic E-state index is 11.6. The molecule has 0 bridgehead atoms. The maximum Gasteiger partial charge on any atom is 0.355 e. The first-order valence-corrected chi connectivity index (χ1v) is 6.46. The van der Waals surface area contributed by atoms with Gasteiger partial charge in [-0.3, -0.25) is 4.79 Å². The number of anilines is 1. The van der Waals surface area contributed by atoms with E-state index in [0.717, 1.165) is 18.8 Å². The van der Waals surface area contributed by atoms with Crippen LogP contribution in [-0.2, 0) is 0 Å². The minimum atomic E-state index is -0.687. The van der Waals surface area contributed by atoms with Gasteiger partial charge in [0.2, 0.25) is 0 Å². The van der Waals surface area contributed by atoms with Crippen molar-refractivity contribution >= 4 is 34.5 Å². The topological polar surface area (TPSA) is 50.5 Å². The molecule has 0 aliphatic carbocycles. The summed E-state index contributed by atoms with van der Waals surface area (Å²) in [6.07, 6.45) is 0.582. The van der Waals surface area contributed by atoms with Crippen LogP contribution >= 0.6 is 11.6 Å². The number of nitrogens with zero attached hydrogens (tertiary/aromatic N) is 1. The van der Waals surface area contributed by atoms with Crippen molar-refractivity contribution in [2.45, 2.75) is 13.8 Å². The molecule has 19 heavy (non-hydrogen) atoms. The van der Waals surface area contributed by atoms with Crippen molar-refractivity contribution in [3.8, 4) is 0 Å². The van der Waals surface area contributed by atoms with Gasteiger partial charge in [-0.2, -0.15) is 0 Å². The van der Waals surface area contributed by atoms with Crippen LogP contribution in [0.1, 0.15) is 24.2 Å². The summed E-state index contributed by atoms with van der Waals surface area (Å²) in [7, 11) is 0. The first kappa shape index (κ1) is 13.6. The standard InChI is InChI=1S/C14H14ClNO3/c1-3-16(4-2)9-5-6-10-11(8-17)13(15)14(18)19-12(10)7-9/h5-8H,3-4H2,1-2H3. The van der Waals surface area contributed by atoms with Gasteiger partial charge in [-0.05, 0) is 26.0 Å². The van der Waals surface area contributed by atoms with Crippen molar-refractivity contribution in [3.05, 3.63) is 39.2 Å². The molecule has 1 aromatic carbocycles. The summed E-state index contributed by atoms with van der Waals surface area (Å²) in [5.74, 6) is 0. The van der Waals surface area contributed by atoms with E-state index in [2.05, 4.69) is 4.90 Å². The summed E-state index contributed by atoms with van der Waals surface area (Å²) < 4.78 is 5.14. The minimum Gasteiger partial charge on any atom is -0.422 e. The van der Waals surface area contributed by atoms with E-state index in [1.54, 1.807) is 12.1 Å². The van der Waals surface area contributed by atoms with Crippen LogP contribution in [0.4, 0.5) is 5.69 Å². The molecule has 0 spiro atoms. The number of hydrogen-bond acceptors (Lipinski definition) is 4. The van der Waals surface area contributed by atoms with E-state index in [1.165, 1.54) is 0 Å². The van der Waals surface area contributed by atoms with Gasteiger partial charge in [-0.25, -0.2) is 4.79 Å². The first-order chi connectivity index (χ1) is 9.12. The zero-order chi connectivity index (χ0) is 14.0. The highest BCUT2D eigenvalue weighted by Crippen LogP contribution is 2.26. The Kier molecular flexibility index (Phi) is 3.90. The van der Waals surface area contributed by atoms with Crippen molar-refractivity contribution in [2.75, 3.05) is 18.0 Å². The summed E-state index contributed by atoms with van der Waals surface area (Å²) in [6, 6.07) is 5.40. The van der Waals surface area contributed by atoms with Crippen LogP contribution in [0.2, 0.25) is 5.02 Å². The predicted molar refractivity (Wildman–Crippen MR) is 76.4 cm³/mol. The summed E-state index contributed by atoms with van der Waals surface area (Å²) in [5.41, 5.74) is 0.813. The molecule has 0 radical (unpaired) electrons. The number of aldehydes is 1. The van der Waals surface area contributed by atoms with Crippen molar-refractivity contribution in [3.63, 3.8) is 0 Å². The normalized spacial score (nSPS) is 10.7. The van der Waals surface area contributed by atoms with Gasteiger partial charge in [0.15, 0.2) is 6.29 Å². The Morgan fingerprint density at radius 3 is 2.58 bits per heavy atom. The molecule has 4 nitrogen and oxygen atoms in total. The number of benzene rings is 1. The monoisotopic (exact) mass is 279 g/mol. The van der Waals surface area contributed by atoms with Crippen molar-refractivity contribution < 1.29 is 9.21 Å². The summed E-state index contributed by atoms with van der Waals surface area (Å²) in [4.78, 5) is 24.7. The number of rotatable bonds is 4. The van der Waals surface area contributed by atoms with Crippen molar-refractivity contribution in [1.82, 2.24) is 0 Å². The molecule has 0 aliphatic rings. The van der Waals surface area contributed by atoms with Crippen molar-refractivity contribution in [1.29, 1.82) is 0 Å². The van der Waals surface area contributed by atoms with Crippen molar-refractivity contribution in [2.24, 2.45) is 0 Å². The highest BCUT2D eigenvalue weighted by Gasteiger charge is 2.13. The Hall–Kier alpha value is -1.81. The molecule has 5 heteroatoms. The number of halogens is 1. The number of hydrogen-bond donors (Lipinski definition) is 0. The molecular formula is C14H14ClNO3. The van der Waals surface area contributed by atoms with Crippen LogP contribution in [0.3, 0.4) is 0 Å². The first-order valence-electron chi connectivity index (χ1n) is 6.08. The highest BCUT2D eigenvalue weighted by atomic mass is 35.5. The van der Waals surface area contributed by atoms with Crippen LogP contribution in [0.15, 0.2) is 27.4 Å². The average Bonchev–Trinajstić information content (AvgIpc) is 2.42. The number of carbonyl (C=O) groups is 1. The third kappa shape index (κ3) is 2.36. The Morgan fingerprint density at radius 2 is 2.00 bits per heavy atom. The fourth-order valence-electron chi connectivity index (χ4n) is 2.09. The Morgan fingerprint density at radius 1 is 1.32 bits per heavy atom. The third-order valence-electron chi connectivity index (χ3n) is 3.12. The molecule has 0 saturated carbocycles. The van der Waals surface area contributed by atoms with Crippen LogP contribution in [0, 0.1) is 0 Å². The van der Waals surface area contributed by atoms with E-state index in [9.17, 15) is 9.59 Å². The maximum atomic E-state index is 11.6. The Bertz CT molecular complexity index is 674. The van der Waals surface area contributed by atoms with Gasteiger partial charge >= 0.3 is 5.63 Å². The van der Waals surface area contributed by atoms with Gasteiger partial charge < -0.3 is 9.32 Å². The molecule has 1 heterocycles. The lowest BCUT2D eigenvalue weighted by atomic mass is 10.1. The van der Waals surface area contributed by atoms with Crippen LogP contribution in [-0.4, -0.2) is 19.4 Å². The molecule has 2 aromatic rings. The molecule has 0 N–H and O–H groups in total. The van der Waals surface area contributed by atoms with Crippen LogP contribution < -0.4 is 10.5 Å². The van der Waals surface area contributed by atoms with Gasteiger partial charge in [0, 0.05) is 30.2 Å². The fraction of sp³-hybridized carbons (Fsp3) is 0.286. The van der Waals surface area contributed by atoms with Gasteiger partial charge in [-0.1, -0.05) is 11.6 Å². The Labute approximate surface area is 115 Å². The van der Waals surface area contributed by atoms with Crippen LogP contribution in [0.25, 0.3) is 11.0 Å². The lowest BCUT2D eigenvalue weighted by Gasteiger charge is -2.21. The second kappa shape index (κ2) is 5.45. The molecule has 0 aliphatic heterocycles. The molecule has 0 saturated heterocycles. The quantitative estimate of drug-likeness (QED) is 0.637. The van der Waals surface area contributed by atoms with Crippen LogP contribution in [0.5, 0.6) is 0 Å². The summed E-state index contributed by atoms with van der Waals surface area (Å²) in [6.45, 7) is 5.78. The van der Waals surface area contributed by atoms with Gasteiger partial charge in [-0.15, -0.1) is 0 Å². The second-order valence-electron chi connectivity index (χ2n) is 4.09. The lowest BCUT2D eigenvalue weighted by molar-refractivity contribution is 0.112. The van der Waals surface area contributed by atoms with E-state index < -0.39 is 5.63 Å². The third-order valence-corrected chi connectivity index (χ3v) is 3.48. The predicted octanol–water partition coefficient (Wildman–Crippen LogP) is 3.11. The molecule has 0 atom stereocenters. The van der Waals surface area contributed by atoms with E-state index in [0.29, 0.717) is 17.3 Å².